The fraction of sp³-hybridized carbons (Fsp3) is 0.500. The van der Waals surface area contributed by atoms with E-state index in [4.69, 9.17) is 11.5 Å². The standard InChI is InChI=1S/C10H16BrN5O/c1-2-3-4-16(6-8(12)17)9-7(11)5-14-10(13)15-9/h5H,2-4,6H2,1H3,(H2,12,17)(H2,13,14,15). The summed E-state index contributed by atoms with van der Waals surface area (Å²) in [7, 11) is 0. The molecule has 0 saturated carbocycles. The van der Waals surface area contributed by atoms with Crippen molar-refractivity contribution in [3.05, 3.63) is 10.7 Å². The monoisotopic (exact) mass is 301 g/mol. The summed E-state index contributed by atoms with van der Waals surface area (Å²) in [6.45, 7) is 2.90. The Morgan fingerprint density at radius 3 is 2.88 bits per heavy atom. The second-order valence-corrected chi connectivity index (χ2v) is 4.50. The first-order valence-electron chi connectivity index (χ1n) is 5.35. The van der Waals surface area contributed by atoms with Crippen molar-refractivity contribution in [3.63, 3.8) is 0 Å². The Hall–Kier alpha value is -1.37. The maximum atomic E-state index is 11.0. The normalized spacial score (nSPS) is 10.2. The van der Waals surface area contributed by atoms with Crippen molar-refractivity contribution in [2.24, 2.45) is 5.73 Å². The van der Waals surface area contributed by atoms with Gasteiger partial charge in [0.1, 0.15) is 5.82 Å². The average Bonchev–Trinajstić information content (AvgIpc) is 2.27. The van der Waals surface area contributed by atoms with Crippen LogP contribution in [-0.4, -0.2) is 29.0 Å². The van der Waals surface area contributed by atoms with E-state index in [1.165, 1.54) is 0 Å². The molecular formula is C10H16BrN5O. The molecule has 7 heteroatoms. The molecule has 1 aromatic heterocycles. The minimum absolute atomic E-state index is 0.120. The van der Waals surface area contributed by atoms with E-state index >= 15 is 0 Å². The lowest BCUT2D eigenvalue weighted by molar-refractivity contribution is -0.116. The Morgan fingerprint density at radius 2 is 2.29 bits per heavy atom. The van der Waals surface area contributed by atoms with Gasteiger partial charge in [0.15, 0.2) is 0 Å². The predicted octanol–water partition coefficient (Wildman–Crippen LogP) is 0.913. The van der Waals surface area contributed by atoms with Crippen LogP contribution in [0, 0.1) is 0 Å². The molecule has 0 aliphatic carbocycles. The number of carbonyl (C=O) groups is 1. The second-order valence-electron chi connectivity index (χ2n) is 3.64. The second kappa shape index (κ2) is 6.39. The first-order chi connectivity index (χ1) is 8.04. The van der Waals surface area contributed by atoms with Crippen LogP contribution in [0.15, 0.2) is 10.7 Å². The van der Waals surface area contributed by atoms with Crippen molar-refractivity contribution in [2.45, 2.75) is 19.8 Å². The van der Waals surface area contributed by atoms with E-state index in [9.17, 15) is 4.79 Å². The van der Waals surface area contributed by atoms with Crippen LogP contribution in [0.25, 0.3) is 0 Å². The zero-order valence-corrected chi connectivity index (χ0v) is 11.3. The van der Waals surface area contributed by atoms with Gasteiger partial charge < -0.3 is 16.4 Å². The van der Waals surface area contributed by atoms with Crippen LogP contribution in [-0.2, 0) is 4.79 Å². The van der Waals surface area contributed by atoms with Gasteiger partial charge in [-0.15, -0.1) is 0 Å². The molecule has 0 aliphatic rings. The van der Waals surface area contributed by atoms with Gasteiger partial charge in [0.25, 0.3) is 0 Å². The molecule has 0 spiro atoms. The SMILES string of the molecule is CCCCN(CC(N)=O)c1nc(N)ncc1Br. The number of aromatic nitrogens is 2. The molecule has 0 saturated heterocycles. The third-order valence-electron chi connectivity index (χ3n) is 2.17. The Morgan fingerprint density at radius 1 is 1.59 bits per heavy atom. The molecule has 0 radical (unpaired) electrons. The molecule has 0 atom stereocenters. The number of hydrogen-bond acceptors (Lipinski definition) is 5. The molecule has 1 aromatic rings. The van der Waals surface area contributed by atoms with E-state index in [0.29, 0.717) is 16.8 Å². The summed E-state index contributed by atoms with van der Waals surface area (Å²) in [4.78, 5) is 20.8. The van der Waals surface area contributed by atoms with Gasteiger partial charge in [0.2, 0.25) is 11.9 Å². The molecule has 0 aliphatic heterocycles. The summed E-state index contributed by atoms with van der Waals surface area (Å²) < 4.78 is 0.698. The van der Waals surface area contributed by atoms with Crippen molar-refractivity contribution in [1.29, 1.82) is 0 Å². The highest BCUT2D eigenvalue weighted by atomic mass is 79.9. The molecule has 0 aromatic carbocycles. The molecule has 0 fully saturated rings. The third-order valence-corrected chi connectivity index (χ3v) is 2.73. The van der Waals surface area contributed by atoms with Crippen LogP contribution in [0.1, 0.15) is 19.8 Å². The number of nitrogens with two attached hydrogens (primary N) is 2. The predicted molar refractivity (Wildman–Crippen MR) is 70.5 cm³/mol. The largest absolute Gasteiger partial charge is 0.368 e. The summed E-state index contributed by atoms with van der Waals surface area (Å²) in [5.74, 6) is 0.379. The molecule has 94 valence electrons. The highest BCUT2D eigenvalue weighted by Crippen LogP contribution is 2.23. The summed E-state index contributed by atoms with van der Waals surface area (Å²) >= 11 is 3.34. The highest BCUT2D eigenvalue weighted by molar-refractivity contribution is 9.10. The van der Waals surface area contributed by atoms with Gasteiger partial charge in [0, 0.05) is 12.7 Å². The maximum Gasteiger partial charge on any atom is 0.236 e. The molecule has 1 amide bonds. The number of amides is 1. The van der Waals surface area contributed by atoms with Gasteiger partial charge in [-0.1, -0.05) is 13.3 Å². The molecule has 4 N–H and O–H groups in total. The first kappa shape index (κ1) is 13.7. The van der Waals surface area contributed by atoms with Gasteiger partial charge >= 0.3 is 0 Å². The number of hydrogen-bond donors (Lipinski definition) is 2. The van der Waals surface area contributed by atoms with Gasteiger partial charge in [-0.3, -0.25) is 4.79 Å². The summed E-state index contributed by atoms with van der Waals surface area (Å²) in [6, 6.07) is 0. The van der Waals surface area contributed by atoms with E-state index < -0.39 is 5.91 Å². The Labute approximate surface area is 109 Å². The van der Waals surface area contributed by atoms with Crippen LogP contribution >= 0.6 is 15.9 Å². The number of unbranched alkanes of at least 4 members (excludes halogenated alkanes) is 1. The quantitative estimate of drug-likeness (QED) is 0.814. The van der Waals surface area contributed by atoms with Crippen LogP contribution in [0.5, 0.6) is 0 Å². The van der Waals surface area contributed by atoms with Crippen LogP contribution in [0.4, 0.5) is 11.8 Å². The zero-order chi connectivity index (χ0) is 12.8. The number of primary amides is 1. The summed E-state index contributed by atoms with van der Waals surface area (Å²) in [6.07, 6.45) is 3.54. The molecule has 1 heterocycles. The number of rotatable bonds is 6. The zero-order valence-electron chi connectivity index (χ0n) is 9.69. The lowest BCUT2D eigenvalue weighted by Crippen LogP contribution is -2.35. The topological polar surface area (TPSA) is 98.1 Å². The number of nitrogen functional groups attached to an aromatic ring is 1. The fourth-order valence-corrected chi connectivity index (χ4v) is 1.83. The minimum Gasteiger partial charge on any atom is -0.368 e. The van der Waals surface area contributed by atoms with Gasteiger partial charge in [0.05, 0.1) is 11.0 Å². The number of nitrogens with zero attached hydrogens (tertiary/aromatic N) is 3. The smallest absolute Gasteiger partial charge is 0.236 e. The van der Waals surface area contributed by atoms with Crippen molar-refractivity contribution in [2.75, 3.05) is 23.7 Å². The van der Waals surface area contributed by atoms with Crippen molar-refractivity contribution in [1.82, 2.24) is 9.97 Å². The molecule has 1 rings (SSSR count). The van der Waals surface area contributed by atoms with Crippen molar-refractivity contribution < 1.29 is 4.79 Å². The first-order valence-corrected chi connectivity index (χ1v) is 6.15. The van der Waals surface area contributed by atoms with E-state index in [1.54, 1.807) is 11.1 Å². The van der Waals surface area contributed by atoms with Gasteiger partial charge in [-0.25, -0.2) is 4.98 Å². The summed E-state index contributed by atoms with van der Waals surface area (Å²) in [5, 5.41) is 0. The van der Waals surface area contributed by atoms with Crippen LogP contribution in [0.2, 0.25) is 0 Å². The van der Waals surface area contributed by atoms with Gasteiger partial charge in [-0.05, 0) is 22.4 Å². The Balaban J connectivity index is 2.93. The van der Waals surface area contributed by atoms with Crippen molar-refractivity contribution >= 4 is 33.6 Å². The number of halogens is 1. The van der Waals surface area contributed by atoms with Crippen LogP contribution < -0.4 is 16.4 Å². The molecule has 0 unspecified atom stereocenters. The molecule has 6 nitrogen and oxygen atoms in total. The Kier molecular flexibility index (Phi) is 5.14. The minimum atomic E-state index is -0.398. The van der Waals surface area contributed by atoms with E-state index in [1.807, 2.05) is 0 Å². The molecular weight excluding hydrogens is 286 g/mol. The highest BCUT2D eigenvalue weighted by Gasteiger charge is 2.14. The lowest BCUT2D eigenvalue weighted by atomic mass is 10.3. The maximum absolute atomic E-state index is 11.0. The summed E-state index contributed by atoms with van der Waals surface area (Å²) in [5.41, 5.74) is 10.8. The molecule has 0 bridgehead atoms. The van der Waals surface area contributed by atoms with Gasteiger partial charge in [-0.2, -0.15) is 4.98 Å². The lowest BCUT2D eigenvalue weighted by Gasteiger charge is -2.22. The van der Waals surface area contributed by atoms with Crippen LogP contribution in [0.3, 0.4) is 0 Å². The van der Waals surface area contributed by atoms with Crippen molar-refractivity contribution in [3.8, 4) is 0 Å². The van der Waals surface area contributed by atoms with E-state index in [2.05, 4.69) is 32.8 Å². The molecule has 17 heavy (non-hydrogen) atoms. The third kappa shape index (κ3) is 4.18. The van der Waals surface area contributed by atoms with E-state index in [-0.39, 0.29) is 12.5 Å². The number of anilines is 2. The average molecular weight is 302 g/mol. The fourth-order valence-electron chi connectivity index (χ4n) is 1.39. The Bertz CT molecular complexity index is 398. The number of carbonyl (C=O) groups excluding carboxylic acids is 1. The van der Waals surface area contributed by atoms with E-state index in [0.717, 1.165) is 12.8 Å².